The summed E-state index contributed by atoms with van der Waals surface area (Å²) in [6.45, 7) is 7.81. The zero-order valence-corrected chi connectivity index (χ0v) is 11.6. The van der Waals surface area contributed by atoms with Crippen LogP contribution in [0.1, 0.15) is 40.0 Å². The summed E-state index contributed by atoms with van der Waals surface area (Å²) < 4.78 is 5.32. The van der Waals surface area contributed by atoms with Gasteiger partial charge in [0.15, 0.2) is 5.82 Å². The predicted molar refractivity (Wildman–Crippen MR) is 74.8 cm³/mol. The van der Waals surface area contributed by atoms with Gasteiger partial charge in [-0.15, -0.1) is 0 Å². The molecule has 102 valence electrons. The van der Waals surface area contributed by atoms with Gasteiger partial charge in [0.05, 0.1) is 6.61 Å². The second kappa shape index (κ2) is 7.74. The largest absolute Gasteiger partial charge is 0.476 e. The minimum absolute atomic E-state index is 0.456. The molecule has 0 aliphatic carbocycles. The number of nitrogens with two attached hydrogens (primary N) is 1. The molecule has 0 fully saturated rings. The van der Waals surface area contributed by atoms with Crippen LogP contribution in [0, 0.1) is 5.92 Å². The van der Waals surface area contributed by atoms with Crippen molar-refractivity contribution in [3.63, 3.8) is 0 Å². The highest BCUT2D eigenvalue weighted by atomic mass is 16.5. The van der Waals surface area contributed by atoms with E-state index in [1.165, 1.54) is 19.2 Å². The Balaban J connectivity index is 2.40. The van der Waals surface area contributed by atoms with Gasteiger partial charge in [-0.1, -0.05) is 26.7 Å². The van der Waals surface area contributed by atoms with Crippen LogP contribution in [0.3, 0.4) is 0 Å². The number of hydrogen-bond donors (Lipinski definition) is 2. The molecule has 3 N–H and O–H groups in total. The maximum Gasteiger partial charge on any atom is 0.242 e. The molecule has 1 heterocycles. The summed E-state index contributed by atoms with van der Waals surface area (Å²) in [4.78, 5) is 8.12. The molecule has 5 nitrogen and oxygen atoms in total. The van der Waals surface area contributed by atoms with E-state index >= 15 is 0 Å². The number of unbranched alkanes of at least 4 members (excludes halogenated alkanes) is 1. The Bertz CT molecular complexity index is 355. The molecule has 0 unspecified atom stereocenters. The molecular weight excluding hydrogens is 228 g/mol. The topological polar surface area (TPSA) is 73.1 Å². The van der Waals surface area contributed by atoms with Crippen molar-refractivity contribution in [2.24, 2.45) is 5.92 Å². The molecule has 1 aromatic rings. The van der Waals surface area contributed by atoms with Crippen LogP contribution in [0.15, 0.2) is 6.33 Å². The van der Waals surface area contributed by atoms with E-state index in [1.807, 2.05) is 6.92 Å². The quantitative estimate of drug-likeness (QED) is 0.696. The zero-order chi connectivity index (χ0) is 13.4. The number of nitrogen functional groups attached to an aromatic ring is 1. The average molecular weight is 252 g/mol. The molecule has 0 aliphatic heterocycles. The number of nitrogens with one attached hydrogen (secondary N) is 1. The third-order valence-corrected chi connectivity index (χ3v) is 2.63. The van der Waals surface area contributed by atoms with Crippen LogP contribution in [0.25, 0.3) is 0 Å². The van der Waals surface area contributed by atoms with E-state index < -0.39 is 0 Å². The van der Waals surface area contributed by atoms with Crippen molar-refractivity contribution >= 4 is 11.5 Å². The molecule has 0 saturated heterocycles. The first-order chi connectivity index (χ1) is 8.65. The third kappa shape index (κ3) is 4.77. The standard InChI is InChI=1S/C13H24N4O/c1-4-18-13-11(14)12(16-9-17-13)15-8-6-5-7-10(2)3/h9-10H,4-8,14H2,1-3H3,(H,15,16,17). The highest BCUT2D eigenvalue weighted by molar-refractivity contribution is 5.66. The van der Waals surface area contributed by atoms with Crippen molar-refractivity contribution in [2.45, 2.75) is 40.0 Å². The maximum absolute atomic E-state index is 5.92. The van der Waals surface area contributed by atoms with Gasteiger partial charge in [-0.3, -0.25) is 0 Å². The lowest BCUT2D eigenvalue weighted by Crippen LogP contribution is -2.09. The number of ether oxygens (including phenoxy) is 1. The first-order valence-electron chi connectivity index (χ1n) is 6.62. The maximum atomic E-state index is 5.92. The van der Waals surface area contributed by atoms with Gasteiger partial charge < -0.3 is 15.8 Å². The van der Waals surface area contributed by atoms with E-state index in [1.54, 1.807) is 0 Å². The third-order valence-electron chi connectivity index (χ3n) is 2.63. The van der Waals surface area contributed by atoms with E-state index in [0.29, 0.717) is 24.0 Å². The summed E-state index contributed by atoms with van der Waals surface area (Å²) in [5.41, 5.74) is 6.41. The first-order valence-corrected chi connectivity index (χ1v) is 6.62. The molecule has 0 radical (unpaired) electrons. The van der Waals surface area contributed by atoms with Crippen LogP contribution in [0.5, 0.6) is 5.88 Å². The number of hydrogen-bond acceptors (Lipinski definition) is 5. The van der Waals surface area contributed by atoms with Crippen LogP contribution >= 0.6 is 0 Å². The van der Waals surface area contributed by atoms with E-state index in [9.17, 15) is 0 Å². The summed E-state index contributed by atoms with van der Waals surface area (Å²) in [6.07, 6.45) is 5.06. The fourth-order valence-corrected chi connectivity index (χ4v) is 1.66. The lowest BCUT2D eigenvalue weighted by Gasteiger charge is -2.11. The Hall–Kier alpha value is -1.52. The van der Waals surface area contributed by atoms with Gasteiger partial charge in [0.2, 0.25) is 5.88 Å². The number of anilines is 2. The Kier molecular flexibility index (Phi) is 6.25. The van der Waals surface area contributed by atoms with Crippen molar-refractivity contribution in [1.29, 1.82) is 0 Å². The molecular formula is C13H24N4O. The van der Waals surface area contributed by atoms with Crippen molar-refractivity contribution in [3.8, 4) is 5.88 Å². The SMILES string of the molecule is CCOc1ncnc(NCCCCC(C)C)c1N. The fraction of sp³-hybridized carbons (Fsp3) is 0.692. The average Bonchev–Trinajstić information content (AvgIpc) is 2.33. The Morgan fingerprint density at radius 1 is 1.33 bits per heavy atom. The Morgan fingerprint density at radius 3 is 2.78 bits per heavy atom. The van der Waals surface area contributed by atoms with Gasteiger partial charge in [-0.2, -0.15) is 4.98 Å². The molecule has 0 saturated carbocycles. The van der Waals surface area contributed by atoms with Crippen LogP contribution in [-0.2, 0) is 0 Å². The molecule has 0 atom stereocenters. The molecule has 1 rings (SSSR count). The number of nitrogens with zero attached hydrogens (tertiary/aromatic N) is 2. The van der Waals surface area contributed by atoms with Gasteiger partial charge in [-0.25, -0.2) is 4.98 Å². The molecule has 5 heteroatoms. The van der Waals surface area contributed by atoms with Crippen molar-refractivity contribution in [3.05, 3.63) is 6.33 Å². The lowest BCUT2D eigenvalue weighted by molar-refractivity contribution is 0.328. The summed E-state index contributed by atoms with van der Waals surface area (Å²) in [7, 11) is 0. The minimum atomic E-state index is 0.456. The first kappa shape index (κ1) is 14.5. The van der Waals surface area contributed by atoms with Crippen LogP contribution in [-0.4, -0.2) is 23.1 Å². The van der Waals surface area contributed by atoms with Crippen LogP contribution in [0.4, 0.5) is 11.5 Å². The fourth-order valence-electron chi connectivity index (χ4n) is 1.66. The van der Waals surface area contributed by atoms with Crippen molar-refractivity contribution in [1.82, 2.24) is 9.97 Å². The molecule has 0 spiro atoms. The minimum Gasteiger partial charge on any atom is -0.476 e. The van der Waals surface area contributed by atoms with Crippen molar-refractivity contribution in [2.75, 3.05) is 24.2 Å². The zero-order valence-electron chi connectivity index (χ0n) is 11.6. The monoisotopic (exact) mass is 252 g/mol. The predicted octanol–water partition coefficient (Wildman–Crippen LogP) is 2.70. The molecule has 0 amide bonds. The normalized spacial score (nSPS) is 10.7. The molecule has 0 bridgehead atoms. The Labute approximate surface area is 109 Å². The van der Waals surface area contributed by atoms with E-state index in [2.05, 4.69) is 29.1 Å². The molecule has 0 aromatic carbocycles. The summed E-state index contributed by atoms with van der Waals surface area (Å²) in [5.74, 6) is 1.88. The van der Waals surface area contributed by atoms with E-state index in [4.69, 9.17) is 10.5 Å². The van der Waals surface area contributed by atoms with E-state index in [-0.39, 0.29) is 0 Å². The molecule has 0 aliphatic rings. The van der Waals surface area contributed by atoms with Crippen LogP contribution in [0.2, 0.25) is 0 Å². The number of aromatic nitrogens is 2. The summed E-state index contributed by atoms with van der Waals surface area (Å²) in [5, 5.41) is 3.23. The van der Waals surface area contributed by atoms with Crippen molar-refractivity contribution < 1.29 is 4.74 Å². The number of rotatable bonds is 8. The van der Waals surface area contributed by atoms with Gasteiger partial charge in [0.25, 0.3) is 0 Å². The smallest absolute Gasteiger partial charge is 0.242 e. The second-order valence-corrected chi connectivity index (χ2v) is 4.69. The highest BCUT2D eigenvalue weighted by Crippen LogP contribution is 2.24. The van der Waals surface area contributed by atoms with E-state index in [0.717, 1.165) is 18.9 Å². The lowest BCUT2D eigenvalue weighted by atomic mass is 10.1. The van der Waals surface area contributed by atoms with Gasteiger partial charge in [-0.05, 0) is 19.3 Å². The summed E-state index contributed by atoms with van der Waals surface area (Å²) in [6, 6.07) is 0. The van der Waals surface area contributed by atoms with Gasteiger partial charge >= 0.3 is 0 Å². The van der Waals surface area contributed by atoms with Gasteiger partial charge in [0.1, 0.15) is 12.0 Å². The Morgan fingerprint density at radius 2 is 2.11 bits per heavy atom. The second-order valence-electron chi connectivity index (χ2n) is 4.69. The molecule has 1 aromatic heterocycles. The highest BCUT2D eigenvalue weighted by Gasteiger charge is 2.07. The molecule has 18 heavy (non-hydrogen) atoms. The summed E-state index contributed by atoms with van der Waals surface area (Å²) >= 11 is 0. The van der Waals surface area contributed by atoms with Gasteiger partial charge in [0, 0.05) is 6.54 Å². The van der Waals surface area contributed by atoms with Crippen LogP contribution < -0.4 is 15.8 Å².